The van der Waals surface area contributed by atoms with E-state index in [2.05, 4.69) is 9.97 Å². The van der Waals surface area contributed by atoms with E-state index in [4.69, 9.17) is 0 Å². The van der Waals surface area contributed by atoms with Crippen LogP contribution in [0.15, 0.2) is 97.6 Å². The molecule has 0 saturated carbocycles. The highest BCUT2D eigenvalue weighted by Crippen LogP contribution is 2.46. The molecule has 4 amide bonds. The molecule has 0 aliphatic carbocycles. The van der Waals surface area contributed by atoms with Crippen LogP contribution in [0.5, 0.6) is 0 Å². The highest BCUT2D eigenvalue weighted by atomic mass is 16.2. The predicted molar refractivity (Wildman–Crippen MR) is 165 cm³/mol. The molecule has 0 unspecified atom stereocenters. The van der Waals surface area contributed by atoms with Gasteiger partial charge in [0.1, 0.15) is 0 Å². The number of carbonyl (C=O) groups is 4. The molecule has 4 heterocycles. The van der Waals surface area contributed by atoms with E-state index in [1.54, 1.807) is 61.2 Å². The summed E-state index contributed by atoms with van der Waals surface area (Å²) < 4.78 is 0. The molecule has 7 aromatic rings. The normalized spacial score (nSPS) is 14.6. The Labute approximate surface area is 249 Å². The zero-order valence-electron chi connectivity index (χ0n) is 23.1. The van der Waals surface area contributed by atoms with Crippen LogP contribution in [0, 0.1) is 0 Å². The lowest BCUT2D eigenvalue weighted by Gasteiger charge is -2.30. The van der Waals surface area contributed by atoms with E-state index in [0.717, 1.165) is 43.4 Å². The van der Waals surface area contributed by atoms with Crippen molar-refractivity contribution in [3.05, 3.63) is 131 Å². The molecule has 5 aromatic carbocycles. The minimum atomic E-state index is -0.351. The molecule has 9 rings (SSSR count). The van der Waals surface area contributed by atoms with Crippen LogP contribution >= 0.6 is 0 Å². The summed E-state index contributed by atoms with van der Waals surface area (Å²) in [7, 11) is 0. The monoisotopic (exact) mass is 572 g/mol. The zero-order valence-corrected chi connectivity index (χ0v) is 23.1. The van der Waals surface area contributed by atoms with Gasteiger partial charge in [0.2, 0.25) is 0 Å². The molecule has 208 valence electrons. The van der Waals surface area contributed by atoms with Crippen molar-refractivity contribution < 1.29 is 19.2 Å². The van der Waals surface area contributed by atoms with Crippen molar-refractivity contribution >= 4 is 66.7 Å². The number of imide groups is 2. The Morgan fingerprint density at radius 3 is 1.07 bits per heavy atom. The number of benzene rings is 5. The number of pyridine rings is 2. The van der Waals surface area contributed by atoms with Crippen LogP contribution in [0.1, 0.15) is 52.6 Å². The molecule has 2 aliphatic heterocycles. The third-order valence-electron chi connectivity index (χ3n) is 8.93. The summed E-state index contributed by atoms with van der Waals surface area (Å²) in [5.41, 5.74) is 3.40. The van der Waals surface area contributed by atoms with E-state index < -0.39 is 0 Å². The minimum absolute atomic E-state index is 0.128. The standard InChI is InChI=1S/C36H20N4O4/c41-33-25-9-5-21-23-7-11-27-32-28(36(44)40(35(27)43)18-20-4-2-14-38-16-20)12-8-24(30(23)32)22-6-10-26(31(25)29(21)22)34(42)39(33)17-19-3-1-13-37-15-19/h1-16H,17-18H2. The zero-order chi connectivity index (χ0) is 29.7. The molecular formula is C36H20N4O4. The summed E-state index contributed by atoms with van der Waals surface area (Å²) in [4.78, 5) is 65.8. The maximum absolute atomic E-state index is 13.8. The van der Waals surface area contributed by atoms with Crippen molar-refractivity contribution in [2.45, 2.75) is 13.1 Å². The van der Waals surface area contributed by atoms with Gasteiger partial charge in [-0.25, -0.2) is 0 Å². The molecule has 0 fully saturated rings. The van der Waals surface area contributed by atoms with Crippen LogP contribution in [-0.2, 0) is 13.1 Å². The molecule has 2 aliphatic rings. The first kappa shape index (κ1) is 24.6. The third kappa shape index (κ3) is 3.16. The second-order valence-corrected chi connectivity index (χ2v) is 11.3. The van der Waals surface area contributed by atoms with Gasteiger partial charge in [-0.05, 0) is 79.8 Å². The van der Waals surface area contributed by atoms with Crippen LogP contribution in [0.3, 0.4) is 0 Å². The lowest BCUT2D eigenvalue weighted by atomic mass is 9.82. The van der Waals surface area contributed by atoms with Crippen LogP contribution in [0.2, 0.25) is 0 Å². The lowest BCUT2D eigenvalue weighted by molar-refractivity contribution is 0.0583. The number of rotatable bonds is 4. The maximum Gasteiger partial charge on any atom is 0.261 e. The van der Waals surface area contributed by atoms with Crippen molar-refractivity contribution in [1.82, 2.24) is 19.8 Å². The second kappa shape index (κ2) is 8.75. The minimum Gasteiger partial charge on any atom is -0.270 e. The lowest BCUT2D eigenvalue weighted by Crippen LogP contribution is -2.40. The topological polar surface area (TPSA) is 101 Å². The van der Waals surface area contributed by atoms with Crippen molar-refractivity contribution in [3.8, 4) is 0 Å². The van der Waals surface area contributed by atoms with E-state index in [1.165, 1.54) is 9.80 Å². The van der Waals surface area contributed by atoms with Gasteiger partial charge in [0.15, 0.2) is 0 Å². The van der Waals surface area contributed by atoms with Crippen molar-refractivity contribution in [3.63, 3.8) is 0 Å². The van der Waals surface area contributed by atoms with Crippen molar-refractivity contribution in [2.24, 2.45) is 0 Å². The number of hydrogen-bond donors (Lipinski definition) is 0. The molecule has 0 atom stereocenters. The van der Waals surface area contributed by atoms with Crippen molar-refractivity contribution in [2.75, 3.05) is 0 Å². The summed E-state index contributed by atoms with van der Waals surface area (Å²) in [5.74, 6) is -1.40. The van der Waals surface area contributed by atoms with E-state index in [9.17, 15) is 19.2 Å². The van der Waals surface area contributed by atoms with Gasteiger partial charge in [0.05, 0.1) is 13.1 Å². The number of aromatic nitrogens is 2. The van der Waals surface area contributed by atoms with Gasteiger partial charge in [0.25, 0.3) is 23.6 Å². The maximum atomic E-state index is 13.8. The van der Waals surface area contributed by atoms with E-state index in [1.807, 2.05) is 36.4 Å². The van der Waals surface area contributed by atoms with Gasteiger partial charge in [0, 0.05) is 57.8 Å². The summed E-state index contributed by atoms with van der Waals surface area (Å²) in [6.45, 7) is 0.257. The molecule has 0 spiro atoms. The average molecular weight is 573 g/mol. The summed E-state index contributed by atoms with van der Waals surface area (Å²) in [6.07, 6.45) is 6.61. The molecule has 0 radical (unpaired) electrons. The van der Waals surface area contributed by atoms with Gasteiger partial charge in [-0.2, -0.15) is 0 Å². The van der Waals surface area contributed by atoms with E-state index >= 15 is 0 Å². The molecule has 2 aromatic heterocycles. The van der Waals surface area contributed by atoms with Gasteiger partial charge in [-0.1, -0.05) is 36.4 Å². The number of amides is 4. The van der Waals surface area contributed by atoms with Crippen LogP contribution < -0.4 is 0 Å². The molecule has 44 heavy (non-hydrogen) atoms. The Kier molecular flexibility index (Phi) is 4.88. The number of hydrogen-bond acceptors (Lipinski definition) is 6. The van der Waals surface area contributed by atoms with Crippen LogP contribution in [0.4, 0.5) is 0 Å². The van der Waals surface area contributed by atoms with Crippen LogP contribution in [-0.4, -0.2) is 43.4 Å². The Bertz CT molecular complexity index is 2130. The Morgan fingerprint density at radius 1 is 0.432 bits per heavy atom. The fourth-order valence-electron chi connectivity index (χ4n) is 7.00. The fraction of sp³-hybridized carbons (Fsp3) is 0.0556. The number of fused-ring (bicyclic) bond motifs is 2. The molecule has 8 nitrogen and oxygen atoms in total. The predicted octanol–water partition coefficient (Wildman–Crippen LogP) is 6.12. The van der Waals surface area contributed by atoms with Crippen LogP contribution in [0.25, 0.3) is 43.1 Å². The number of carbonyl (C=O) groups excluding carboxylic acids is 4. The molecule has 0 N–H and O–H groups in total. The highest BCUT2D eigenvalue weighted by molar-refractivity contribution is 6.41. The molecule has 0 bridgehead atoms. The smallest absolute Gasteiger partial charge is 0.261 e. The first-order valence-electron chi connectivity index (χ1n) is 14.2. The summed E-state index contributed by atoms with van der Waals surface area (Å²) in [5, 5.41) is 6.34. The first-order valence-corrected chi connectivity index (χ1v) is 14.2. The Balaban J connectivity index is 1.26. The van der Waals surface area contributed by atoms with Gasteiger partial charge >= 0.3 is 0 Å². The highest BCUT2D eigenvalue weighted by Gasteiger charge is 2.37. The van der Waals surface area contributed by atoms with Gasteiger partial charge in [-0.3, -0.25) is 38.9 Å². The van der Waals surface area contributed by atoms with Gasteiger partial charge in [-0.15, -0.1) is 0 Å². The van der Waals surface area contributed by atoms with E-state index in [0.29, 0.717) is 33.0 Å². The van der Waals surface area contributed by atoms with Gasteiger partial charge < -0.3 is 0 Å². The second-order valence-electron chi connectivity index (χ2n) is 11.3. The first-order chi connectivity index (χ1) is 21.5. The molecular weight excluding hydrogens is 552 g/mol. The summed E-state index contributed by atoms with van der Waals surface area (Å²) in [6, 6.07) is 22.0. The molecule has 0 saturated heterocycles. The van der Waals surface area contributed by atoms with Crippen molar-refractivity contribution in [1.29, 1.82) is 0 Å². The number of nitrogens with zero attached hydrogens (tertiary/aromatic N) is 4. The Hall–Kier alpha value is -6.02. The fourth-order valence-corrected chi connectivity index (χ4v) is 7.00. The average Bonchev–Trinajstić information content (AvgIpc) is 3.06. The summed E-state index contributed by atoms with van der Waals surface area (Å²) >= 11 is 0. The Morgan fingerprint density at radius 2 is 0.773 bits per heavy atom. The van der Waals surface area contributed by atoms with E-state index in [-0.39, 0.29) is 36.7 Å². The SMILES string of the molecule is O=C1c2ccc3c4ccc5c6c(ccc(c7ccc(c2c37)C(=O)N1Cc1cccnc1)c64)C(=O)N(Cc1cccnc1)C5=O. The third-order valence-corrected chi connectivity index (χ3v) is 8.93. The largest absolute Gasteiger partial charge is 0.270 e. The quantitative estimate of drug-likeness (QED) is 0.143. The molecule has 8 heteroatoms.